The van der Waals surface area contributed by atoms with Crippen molar-refractivity contribution in [1.29, 1.82) is 0 Å². The first-order chi connectivity index (χ1) is 5.29. The Bertz CT molecular complexity index is 333. The lowest BCUT2D eigenvalue weighted by Gasteiger charge is -1.85. The number of hydrogen-bond acceptors (Lipinski definition) is 1. The zero-order valence-corrected chi connectivity index (χ0v) is 7.33. The molecule has 0 radical (unpaired) electrons. The zero-order chi connectivity index (χ0) is 8.27. The summed E-state index contributed by atoms with van der Waals surface area (Å²) < 4.78 is 2.03. The molecule has 0 bridgehead atoms. The molecular weight excluding hydrogens is 136 g/mol. The number of aromatic nitrogens is 2. The van der Waals surface area contributed by atoms with E-state index in [1.807, 2.05) is 24.9 Å². The minimum Gasteiger partial charge on any atom is -0.334 e. The Morgan fingerprint density at radius 2 is 2.36 bits per heavy atom. The zero-order valence-electron chi connectivity index (χ0n) is 7.33. The molecule has 0 aliphatic heterocycles. The molecule has 60 valence electrons. The molecule has 0 unspecified atom stereocenters. The van der Waals surface area contributed by atoms with Crippen molar-refractivity contribution in [3.8, 4) is 0 Å². The molecule has 0 aliphatic carbocycles. The molecule has 0 saturated heterocycles. The smallest absolute Gasteiger partial charge is 0.0955 e. The Kier molecular flexibility index (Phi) is 2.47. The highest BCUT2D eigenvalue weighted by Crippen LogP contribution is 1.73. The highest BCUT2D eigenvalue weighted by atomic mass is 15.0. The van der Waals surface area contributed by atoms with Gasteiger partial charge in [-0.05, 0) is 13.3 Å². The lowest BCUT2D eigenvalue weighted by Crippen LogP contribution is -2.28. The Morgan fingerprint density at radius 3 is 2.91 bits per heavy atom. The van der Waals surface area contributed by atoms with Crippen molar-refractivity contribution in [2.24, 2.45) is 7.05 Å². The van der Waals surface area contributed by atoms with Crippen molar-refractivity contribution in [3.05, 3.63) is 17.0 Å². The quantitative estimate of drug-likeness (QED) is 0.567. The molecule has 1 heterocycles. The van der Waals surface area contributed by atoms with Crippen molar-refractivity contribution in [2.45, 2.75) is 20.3 Å². The van der Waals surface area contributed by atoms with Crippen molar-refractivity contribution in [1.82, 2.24) is 9.55 Å². The van der Waals surface area contributed by atoms with Crippen LogP contribution in [0.25, 0.3) is 12.2 Å². The van der Waals surface area contributed by atoms with E-state index in [-0.39, 0.29) is 0 Å². The van der Waals surface area contributed by atoms with Crippen LogP contribution >= 0.6 is 0 Å². The van der Waals surface area contributed by atoms with Gasteiger partial charge >= 0.3 is 0 Å². The number of rotatable bonds is 1. The molecule has 0 spiro atoms. The van der Waals surface area contributed by atoms with Crippen LogP contribution in [0.1, 0.15) is 20.3 Å². The Morgan fingerprint density at radius 1 is 1.64 bits per heavy atom. The summed E-state index contributed by atoms with van der Waals surface area (Å²) in [5.74, 6) is 0. The molecule has 2 nitrogen and oxygen atoms in total. The van der Waals surface area contributed by atoms with E-state index in [2.05, 4.69) is 24.1 Å². The van der Waals surface area contributed by atoms with Gasteiger partial charge in [0.15, 0.2) is 0 Å². The van der Waals surface area contributed by atoms with Crippen LogP contribution in [0, 0.1) is 0 Å². The van der Waals surface area contributed by atoms with Gasteiger partial charge in [0.05, 0.1) is 17.0 Å². The van der Waals surface area contributed by atoms with Crippen LogP contribution in [-0.2, 0) is 7.05 Å². The number of aryl methyl sites for hydroxylation is 1. The fourth-order valence-corrected chi connectivity index (χ4v) is 1.16. The van der Waals surface area contributed by atoms with Crippen LogP contribution in [-0.4, -0.2) is 9.55 Å². The average Bonchev–Trinajstić information content (AvgIpc) is 2.33. The number of hydrogen-bond donors (Lipinski definition) is 0. The van der Waals surface area contributed by atoms with Gasteiger partial charge in [-0.3, -0.25) is 0 Å². The molecule has 1 aromatic rings. The summed E-state index contributed by atoms with van der Waals surface area (Å²) in [6, 6.07) is 0. The second-order valence-electron chi connectivity index (χ2n) is 2.53. The highest BCUT2D eigenvalue weighted by Gasteiger charge is 1.88. The molecule has 0 atom stereocenters. The van der Waals surface area contributed by atoms with E-state index in [4.69, 9.17) is 0 Å². The van der Waals surface area contributed by atoms with Crippen molar-refractivity contribution >= 4 is 12.2 Å². The van der Waals surface area contributed by atoms with Gasteiger partial charge in [0, 0.05) is 7.05 Å². The normalized spacial score (nSPS) is 14.5. The summed E-state index contributed by atoms with van der Waals surface area (Å²) >= 11 is 0. The predicted molar refractivity (Wildman–Crippen MR) is 47.4 cm³/mol. The van der Waals surface area contributed by atoms with Gasteiger partial charge in [0.1, 0.15) is 0 Å². The van der Waals surface area contributed by atoms with E-state index >= 15 is 0 Å². The van der Waals surface area contributed by atoms with Crippen LogP contribution < -0.4 is 10.7 Å². The Balaban J connectivity index is 3.40. The summed E-state index contributed by atoms with van der Waals surface area (Å²) in [5, 5.41) is 2.30. The Hall–Kier alpha value is -1.05. The van der Waals surface area contributed by atoms with Gasteiger partial charge in [-0.2, -0.15) is 0 Å². The van der Waals surface area contributed by atoms with Crippen LogP contribution in [0.3, 0.4) is 0 Å². The fourth-order valence-electron chi connectivity index (χ4n) is 1.16. The monoisotopic (exact) mass is 150 g/mol. The van der Waals surface area contributed by atoms with Gasteiger partial charge in [0.25, 0.3) is 0 Å². The van der Waals surface area contributed by atoms with Crippen molar-refractivity contribution in [3.63, 3.8) is 0 Å². The molecule has 0 aliphatic rings. The minimum atomic E-state index is 1.04. The minimum absolute atomic E-state index is 1.04. The molecular formula is C9H14N2. The van der Waals surface area contributed by atoms with Crippen LogP contribution in [0.5, 0.6) is 0 Å². The van der Waals surface area contributed by atoms with E-state index in [9.17, 15) is 0 Å². The molecule has 0 fully saturated rings. The third-order valence-electron chi connectivity index (χ3n) is 1.68. The van der Waals surface area contributed by atoms with E-state index in [0.29, 0.717) is 0 Å². The van der Waals surface area contributed by atoms with Gasteiger partial charge in [-0.25, -0.2) is 4.98 Å². The lowest BCUT2D eigenvalue weighted by atomic mass is 10.4. The topological polar surface area (TPSA) is 17.8 Å². The highest BCUT2D eigenvalue weighted by molar-refractivity contribution is 5.23. The fraction of sp³-hybridized carbons (Fsp3) is 0.444. The predicted octanol–water partition coefficient (Wildman–Crippen LogP) is 0.411. The van der Waals surface area contributed by atoms with Gasteiger partial charge < -0.3 is 4.57 Å². The van der Waals surface area contributed by atoms with Crippen LogP contribution in [0.4, 0.5) is 0 Å². The Labute approximate surface area is 66.9 Å². The number of imidazole rings is 1. The first-order valence-corrected chi connectivity index (χ1v) is 3.93. The largest absolute Gasteiger partial charge is 0.334 e. The van der Waals surface area contributed by atoms with E-state index < -0.39 is 0 Å². The maximum Gasteiger partial charge on any atom is 0.0955 e. The van der Waals surface area contributed by atoms with E-state index in [1.54, 1.807) is 0 Å². The average molecular weight is 150 g/mol. The second-order valence-corrected chi connectivity index (χ2v) is 2.53. The molecule has 1 rings (SSSR count). The van der Waals surface area contributed by atoms with Crippen molar-refractivity contribution < 1.29 is 0 Å². The number of nitrogens with zero attached hydrogens (tertiary/aromatic N) is 2. The van der Waals surface area contributed by atoms with Gasteiger partial charge in [-0.15, -0.1) is 0 Å². The van der Waals surface area contributed by atoms with Gasteiger partial charge in [-0.1, -0.05) is 19.1 Å². The maximum absolute atomic E-state index is 4.25. The summed E-state index contributed by atoms with van der Waals surface area (Å²) in [5.41, 5.74) is 0. The second kappa shape index (κ2) is 3.37. The molecule has 2 heteroatoms. The molecule has 0 aromatic carbocycles. The summed E-state index contributed by atoms with van der Waals surface area (Å²) in [7, 11) is 2.01. The molecule has 11 heavy (non-hydrogen) atoms. The first kappa shape index (κ1) is 8.05. The van der Waals surface area contributed by atoms with E-state index in [0.717, 1.165) is 11.8 Å². The summed E-state index contributed by atoms with van der Waals surface area (Å²) in [6.45, 7) is 4.15. The van der Waals surface area contributed by atoms with Crippen molar-refractivity contribution in [2.75, 3.05) is 0 Å². The summed E-state index contributed by atoms with van der Waals surface area (Å²) in [6.07, 6.45) is 7.10. The standard InChI is InChI=1S/C9H14N2/c1-4-6-8-9(5-2)11(3)7-10-8/h5-7H,4H2,1-3H3/b8-6+,9-5+. The van der Waals surface area contributed by atoms with Crippen LogP contribution in [0.15, 0.2) is 6.33 Å². The van der Waals surface area contributed by atoms with E-state index in [1.165, 1.54) is 5.35 Å². The molecule has 1 aromatic heterocycles. The molecule has 0 N–H and O–H groups in total. The third kappa shape index (κ3) is 1.50. The summed E-state index contributed by atoms with van der Waals surface area (Å²) in [4.78, 5) is 4.25. The van der Waals surface area contributed by atoms with Gasteiger partial charge in [0.2, 0.25) is 0 Å². The lowest BCUT2D eigenvalue weighted by molar-refractivity contribution is 0.880. The molecule has 0 saturated carbocycles. The first-order valence-electron chi connectivity index (χ1n) is 3.93. The SMILES string of the molecule is C/C=c1\c(=C/CC)ncn1C. The van der Waals surface area contributed by atoms with Crippen LogP contribution in [0.2, 0.25) is 0 Å². The maximum atomic E-state index is 4.25. The third-order valence-corrected chi connectivity index (χ3v) is 1.68. The molecule has 0 amide bonds.